The van der Waals surface area contributed by atoms with E-state index in [1.165, 1.54) is 39.4 Å². The maximum Gasteiger partial charge on any atom is 0.0783 e. The molecule has 3 heteroatoms. The van der Waals surface area contributed by atoms with Crippen molar-refractivity contribution in [2.75, 3.05) is 0 Å². The molecule has 140 valence electrons. The average molecular weight is 413 g/mol. The largest absolute Gasteiger partial charge is 0.0885 e. The molecule has 2 aromatic carbocycles. The van der Waals surface area contributed by atoms with Crippen molar-refractivity contribution < 1.29 is 0 Å². The van der Waals surface area contributed by atoms with Crippen LogP contribution in [0.4, 0.5) is 0 Å². The van der Waals surface area contributed by atoms with Crippen LogP contribution in [0.1, 0.15) is 60.5 Å². The molecule has 0 radical (unpaired) electrons. The fourth-order valence-corrected chi connectivity index (χ4v) is 12.9. The minimum absolute atomic E-state index is 0.313. The summed E-state index contributed by atoms with van der Waals surface area (Å²) in [6.45, 7) is 9.17. The van der Waals surface area contributed by atoms with Crippen molar-refractivity contribution in [2.24, 2.45) is 0 Å². The first-order valence-electron chi connectivity index (χ1n) is 9.83. The number of benzene rings is 2. The van der Waals surface area contributed by atoms with Gasteiger partial charge in [-0.3, -0.25) is 0 Å². The van der Waals surface area contributed by atoms with Crippen LogP contribution in [-0.4, -0.2) is 8.07 Å². The molecule has 2 aliphatic rings. The normalized spacial score (nSPS) is 23.5. The van der Waals surface area contributed by atoms with Gasteiger partial charge in [0.15, 0.2) is 0 Å². The number of hydrogen-bond acceptors (Lipinski definition) is 0. The van der Waals surface area contributed by atoms with Crippen LogP contribution in [0.5, 0.6) is 0 Å². The number of hydrogen-bond donors (Lipinski definition) is 0. The fourth-order valence-electron chi connectivity index (χ4n) is 5.43. The van der Waals surface area contributed by atoms with Crippen molar-refractivity contribution >= 4 is 42.4 Å². The van der Waals surface area contributed by atoms with Crippen molar-refractivity contribution in [2.45, 2.75) is 50.9 Å². The summed E-state index contributed by atoms with van der Waals surface area (Å²) in [4.78, 5) is 0. The monoisotopic (exact) mass is 412 g/mol. The maximum absolute atomic E-state index is 7.06. The van der Waals surface area contributed by atoms with Gasteiger partial charge >= 0.3 is 0 Å². The Balaban J connectivity index is 1.94. The van der Waals surface area contributed by atoms with E-state index in [9.17, 15) is 0 Å². The molecule has 2 unspecified atom stereocenters. The van der Waals surface area contributed by atoms with Crippen molar-refractivity contribution in [3.8, 4) is 0 Å². The zero-order valence-corrected chi connectivity index (χ0v) is 19.0. The molecule has 2 aromatic rings. The summed E-state index contributed by atoms with van der Waals surface area (Å²) < 4.78 is 0. The Kier molecular flexibility index (Phi) is 4.91. The highest BCUT2D eigenvalue weighted by Crippen LogP contribution is 2.58. The zero-order valence-electron chi connectivity index (χ0n) is 16.4. The van der Waals surface area contributed by atoms with E-state index in [1.807, 2.05) is 0 Å². The molecule has 0 fully saturated rings. The summed E-state index contributed by atoms with van der Waals surface area (Å²) in [5.41, 5.74) is 8.59. The lowest BCUT2D eigenvalue weighted by molar-refractivity contribution is 0.933. The lowest BCUT2D eigenvalue weighted by atomic mass is 10.1. The van der Waals surface area contributed by atoms with Gasteiger partial charge in [0.2, 0.25) is 0 Å². The number of rotatable bonds is 4. The Morgan fingerprint density at radius 2 is 1.19 bits per heavy atom. The van der Waals surface area contributed by atoms with E-state index in [1.54, 1.807) is 0 Å². The Labute approximate surface area is 173 Å². The Hall–Kier alpha value is -1.28. The Bertz CT molecular complexity index is 896. The van der Waals surface area contributed by atoms with Crippen LogP contribution < -0.4 is 0 Å². The molecule has 4 rings (SSSR count). The summed E-state index contributed by atoms with van der Waals surface area (Å²) >= 11 is 14.1. The highest BCUT2D eigenvalue weighted by molar-refractivity contribution is 6.85. The van der Waals surface area contributed by atoms with Crippen LogP contribution in [0.2, 0.25) is 12.6 Å². The van der Waals surface area contributed by atoms with Crippen LogP contribution in [0.3, 0.4) is 0 Å². The topological polar surface area (TPSA) is 0 Å². The van der Waals surface area contributed by atoms with Crippen LogP contribution in [0.15, 0.2) is 58.6 Å². The molecule has 0 saturated heterocycles. The third-order valence-electron chi connectivity index (χ3n) is 6.68. The minimum atomic E-state index is -1.98. The van der Waals surface area contributed by atoms with Gasteiger partial charge in [-0.05, 0) is 47.2 Å². The molecule has 0 nitrogen and oxygen atoms in total. The smallest absolute Gasteiger partial charge is 0.0783 e. The summed E-state index contributed by atoms with van der Waals surface area (Å²) in [5.74, 6) is 0. The minimum Gasteiger partial charge on any atom is -0.0885 e. The van der Waals surface area contributed by atoms with E-state index in [0.29, 0.717) is 11.1 Å². The lowest BCUT2D eigenvalue weighted by Gasteiger charge is -2.40. The lowest BCUT2D eigenvalue weighted by Crippen LogP contribution is -2.45. The summed E-state index contributed by atoms with van der Waals surface area (Å²) in [7, 11) is -1.98. The van der Waals surface area contributed by atoms with E-state index < -0.39 is 8.07 Å². The van der Waals surface area contributed by atoms with E-state index in [2.05, 4.69) is 75.8 Å². The van der Waals surface area contributed by atoms with E-state index in [0.717, 1.165) is 16.5 Å². The molecule has 27 heavy (non-hydrogen) atoms. The molecule has 0 saturated carbocycles. The van der Waals surface area contributed by atoms with Gasteiger partial charge in [-0.15, -0.1) is 0 Å². The molecule has 0 bridgehead atoms. The highest BCUT2D eigenvalue weighted by atomic mass is 35.5. The first-order chi connectivity index (χ1) is 12.9. The third kappa shape index (κ3) is 2.70. The molecule has 0 spiro atoms. The van der Waals surface area contributed by atoms with Crippen molar-refractivity contribution in [1.82, 2.24) is 0 Å². The molecular formula is C24H26Cl2Si. The first kappa shape index (κ1) is 19.1. The third-order valence-corrected chi connectivity index (χ3v) is 13.5. The van der Waals surface area contributed by atoms with Gasteiger partial charge in [0, 0.05) is 21.1 Å². The number of allylic oxidation sites excluding steroid dienone is 4. The fraction of sp³-hybridized carbons (Fsp3) is 0.333. The van der Waals surface area contributed by atoms with Crippen LogP contribution in [0, 0.1) is 0 Å². The van der Waals surface area contributed by atoms with Crippen LogP contribution in [-0.2, 0) is 0 Å². The highest BCUT2D eigenvalue weighted by Gasteiger charge is 2.51. The van der Waals surface area contributed by atoms with E-state index in [4.69, 9.17) is 23.2 Å². The molecule has 0 aromatic heterocycles. The van der Waals surface area contributed by atoms with Gasteiger partial charge in [0.25, 0.3) is 0 Å². The average Bonchev–Trinajstić information content (AvgIpc) is 3.08. The summed E-state index contributed by atoms with van der Waals surface area (Å²) in [6, 6.07) is 18.8. The number of fused-ring (bicyclic) bond motifs is 2. The van der Waals surface area contributed by atoms with Crippen LogP contribution >= 0.6 is 23.2 Å². The van der Waals surface area contributed by atoms with Gasteiger partial charge < -0.3 is 0 Å². The Morgan fingerprint density at radius 1 is 0.778 bits per heavy atom. The maximum atomic E-state index is 7.06. The standard InChI is InChI=1S/C24H26Cl2Si/c1-5-14-27(4,23-19-12-8-6-10-17(19)15(2)21(23)25)24-20-13-9-7-11-18(20)16(3)22(24)26/h6-13,23-24H,5,14H2,1-4H3. The molecule has 0 N–H and O–H groups in total. The zero-order chi connectivity index (χ0) is 19.3. The van der Waals surface area contributed by atoms with Gasteiger partial charge in [0.1, 0.15) is 0 Å². The van der Waals surface area contributed by atoms with Gasteiger partial charge in [-0.1, -0.05) is 97.7 Å². The SMILES string of the molecule is CCC[Si](C)(C1C(Cl)=C(C)c2ccccc21)C1C(Cl)=C(C)c2ccccc21. The molecular weight excluding hydrogens is 387 g/mol. The van der Waals surface area contributed by atoms with E-state index in [-0.39, 0.29) is 0 Å². The Morgan fingerprint density at radius 3 is 1.59 bits per heavy atom. The molecule has 2 atom stereocenters. The number of halogens is 2. The summed E-state index contributed by atoms with van der Waals surface area (Å²) in [5, 5.41) is 2.09. The predicted molar refractivity (Wildman–Crippen MR) is 122 cm³/mol. The quantitative estimate of drug-likeness (QED) is 0.444. The van der Waals surface area contributed by atoms with Gasteiger partial charge in [0.05, 0.1) is 8.07 Å². The van der Waals surface area contributed by atoms with Crippen molar-refractivity contribution in [1.29, 1.82) is 0 Å². The van der Waals surface area contributed by atoms with Gasteiger partial charge in [-0.25, -0.2) is 0 Å². The van der Waals surface area contributed by atoms with Crippen LogP contribution in [0.25, 0.3) is 11.1 Å². The predicted octanol–water partition coefficient (Wildman–Crippen LogP) is 8.09. The van der Waals surface area contributed by atoms with E-state index >= 15 is 0 Å². The molecule has 0 aliphatic heterocycles. The first-order valence-corrected chi connectivity index (χ1v) is 13.4. The second-order valence-corrected chi connectivity index (χ2v) is 13.7. The molecule has 0 amide bonds. The second kappa shape index (κ2) is 6.95. The van der Waals surface area contributed by atoms with Gasteiger partial charge in [-0.2, -0.15) is 0 Å². The molecule has 2 aliphatic carbocycles. The second-order valence-electron chi connectivity index (χ2n) is 8.24. The summed E-state index contributed by atoms with van der Waals surface area (Å²) in [6.07, 6.45) is 1.16. The van der Waals surface area contributed by atoms with Crippen molar-refractivity contribution in [3.63, 3.8) is 0 Å². The molecule has 0 heterocycles. The van der Waals surface area contributed by atoms with Crippen molar-refractivity contribution in [3.05, 3.63) is 80.8 Å².